The topological polar surface area (TPSA) is 93.0 Å². The fourth-order valence-electron chi connectivity index (χ4n) is 4.15. The number of aromatic nitrogens is 4. The van der Waals surface area contributed by atoms with Gasteiger partial charge in [-0.3, -0.25) is 14.6 Å². The lowest BCUT2D eigenvalue weighted by molar-refractivity contribution is -0.121. The first-order chi connectivity index (χ1) is 17.1. The minimum atomic E-state index is -0.193. The lowest BCUT2D eigenvalue weighted by atomic mass is 9.95. The summed E-state index contributed by atoms with van der Waals surface area (Å²) in [6.07, 6.45) is 7.80. The van der Waals surface area contributed by atoms with E-state index in [4.69, 9.17) is 16.7 Å². The van der Waals surface area contributed by atoms with Gasteiger partial charge in [-0.15, -0.1) is 0 Å². The molecule has 4 heterocycles. The number of pyridine rings is 2. The molecule has 1 aromatic carbocycles. The Morgan fingerprint density at radius 1 is 0.971 bits per heavy atom. The lowest BCUT2D eigenvalue weighted by Gasteiger charge is -2.31. The number of hydrogen-bond donors (Lipinski definition) is 1. The molecule has 9 heteroatoms. The van der Waals surface area contributed by atoms with Gasteiger partial charge in [0.05, 0.1) is 16.3 Å². The maximum absolute atomic E-state index is 13.6. The SMILES string of the molecule is O=C(Nc1ccc(Cl)cn1)C1CCN(C(=O)c2cn(-c3ccccc3)nc2-c2cccnc2)CC1. The summed E-state index contributed by atoms with van der Waals surface area (Å²) < 4.78 is 1.72. The third-order valence-corrected chi connectivity index (χ3v) is 6.26. The summed E-state index contributed by atoms with van der Waals surface area (Å²) in [5.41, 5.74) is 2.73. The van der Waals surface area contributed by atoms with Gasteiger partial charge in [-0.25, -0.2) is 9.67 Å². The van der Waals surface area contributed by atoms with Gasteiger partial charge in [-0.1, -0.05) is 29.8 Å². The van der Waals surface area contributed by atoms with Crippen molar-refractivity contribution in [2.24, 2.45) is 5.92 Å². The zero-order valence-electron chi connectivity index (χ0n) is 18.8. The second kappa shape index (κ2) is 10.1. The highest BCUT2D eigenvalue weighted by atomic mass is 35.5. The van der Waals surface area contributed by atoms with Crippen molar-refractivity contribution >= 4 is 29.2 Å². The molecule has 0 radical (unpaired) electrons. The zero-order valence-corrected chi connectivity index (χ0v) is 19.6. The maximum atomic E-state index is 13.6. The molecular weight excluding hydrogens is 464 g/mol. The molecule has 3 aromatic heterocycles. The fraction of sp³-hybridized carbons (Fsp3) is 0.192. The number of anilines is 1. The van der Waals surface area contributed by atoms with E-state index < -0.39 is 0 Å². The van der Waals surface area contributed by atoms with Crippen LogP contribution in [0.15, 0.2) is 79.4 Å². The first-order valence-electron chi connectivity index (χ1n) is 11.4. The molecule has 1 aliphatic heterocycles. The molecule has 8 nitrogen and oxygen atoms in total. The van der Waals surface area contributed by atoms with Gasteiger partial charge >= 0.3 is 0 Å². The molecule has 2 amide bonds. The number of para-hydroxylation sites is 1. The van der Waals surface area contributed by atoms with Crippen LogP contribution in [-0.4, -0.2) is 49.6 Å². The normalized spacial score (nSPS) is 14.0. The predicted molar refractivity (Wildman–Crippen MR) is 133 cm³/mol. The number of likely N-dealkylation sites (tertiary alicyclic amines) is 1. The highest BCUT2D eigenvalue weighted by Gasteiger charge is 2.30. The number of benzene rings is 1. The van der Waals surface area contributed by atoms with Crippen LogP contribution in [0.3, 0.4) is 0 Å². The Morgan fingerprint density at radius 2 is 1.77 bits per heavy atom. The Bertz CT molecular complexity index is 1320. The summed E-state index contributed by atoms with van der Waals surface area (Å²) in [7, 11) is 0. The van der Waals surface area contributed by atoms with Crippen molar-refractivity contribution in [3.05, 3.63) is 90.0 Å². The standard InChI is InChI=1S/C26H23ClN6O2/c27-20-8-9-23(29-16-20)30-25(34)18-10-13-32(14-11-18)26(35)22-17-33(21-6-2-1-3-7-21)31-24(22)19-5-4-12-28-15-19/h1-9,12,15-18H,10-11,13-14H2,(H,29,30,34). The fourth-order valence-corrected chi connectivity index (χ4v) is 4.26. The molecule has 0 atom stereocenters. The number of carbonyl (C=O) groups is 2. The molecule has 5 rings (SSSR count). The highest BCUT2D eigenvalue weighted by molar-refractivity contribution is 6.30. The number of rotatable bonds is 5. The van der Waals surface area contributed by atoms with Gasteiger partial charge in [0.2, 0.25) is 5.91 Å². The molecule has 0 aliphatic carbocycles. The highest BCUT2D eigenvalue weighted by Crippen LogP contribution is 2.27. The van der Waals surface area contributed by atoms with E-state index >= 15 is 0 Å². The number of amides is 2. The molecule has 1 N–H and O–H groups in total. The maximum Gasteiger partial charge on any atom is 0.257 e. The molecule has 0 saturated carbocycles. The Hall–Kier alpha value is -4.04. The van der Waals surface area contributed by atoms with Crippen LogP contribution in [0.4, 0.5) is 5.82 Å². The lowest BCUT2D eigenvalue weighted by Crippen LogP contribution is -2.41. The molecule has 0 bridgehead atoms. The van der Waals surface area contributed by atoms with Crippen LogP contribution >= 0.6 is 11.6 Å². The Morgan fingerprint density at radius 3 is 2.46 bits per heavy atom. The van der Waals surface area contributed by atoms with Gasteiger partial charge < -0.3 is 10.2 Å². The van der Waals surface area contributed by atoms with Crippen LogP contribution in [0.5, 0.6) is 0 Å². The summed E-state index contributed by atoms with van der Waals surface area (Å²) in [5, 5.41) is 8.06. The van der Waals surface area contributed by atoms with Gasteiger partial charge in [-0.05, 0) is 49.2 Å². The van der Waals surface area contributed by atoms with Gasteiger partial charge in [0.25, 0.3) is 5.91 Å². The largest absolute Gasteiger partial charge is 0.338 e. The molecule has 1 aliphatic rings. The van der Waals surface area contributed by atoms with E-state index in [-0.39, 0.29) is 17.7 Å². The summed E-state index contributed by atoms with van der Waals surface area (Å²) in [4.78, 5) is 36.4. The molecule has 0 spiro atoms. The van der Waals surface area contributed by atoms with Crippen molar-refractivity contribution in [1.82, 2.24) is 24.6 Å². The molecular formula is C26H23ClN6O2. The number of piperidine rings is 1. The summed E-state index contributed by atoms with van der Waals surface area (Å²) in [6, 6.07) is 16.7. The van der Waals surface area contributed by atoms with Gasteiger partial charge in [-0.2, -0.15) is 5.10 Å². The Kier molecular flexibility index (Phi) is 6.54. The molecule has 0 unspecified atom stereocenters. The number of carbonyl (C=O) groups excluding carboxylic acids is 2. The third-order valence-electron chi connectivity index (χ3n) is 6.03. The third kappa shape index (κ3) is 5.07. The monoisotopic (exact) mass is 486 g/mol. The van der Waals surface area contributed by atoms with E-state index in [0.29, 0.717) is 48.0 Å². The average Bonchev–Trinajstić information content (AvgIpc) is 3.36. The zero-order chi connectivity index (χ0) is 24.2. The van der Waals surface area contributed by atoms with E-state index in [1.807, 2.05) is 42.5 Å². The van der Waals surface area contributed by atoms with Crippen LogP contribution in [0.2, 0.25) is 5.02 Å². The molecule has 1 saturated heterocycles. The number of nitrogens with zero attached hydrogens (tertiary/aromatic N) is 5. The molecule has 4 aromatic rings. The van der Waals surface area contributed by atoms with Crippen molar-refractivity contribution in [3.8, 4) is 16.9 Å². The van der Waals surface area contributed by atoms with Crippen LogP contribution in [-0.2, 0) is 4.79 Å². The van der Waals surface area contributed by atoms with E-state index in [1.54, 1.807) is 40.3 Å². The molecule has 35 heavy (non-hydrogen) atoms. The second-order valence-electron chi connectivity index (χ2n) is 8.33. The Labute approximate surface area is 207 Å². The Balaban J connectivity index is 1.32. The van der Waals surface area contributed by atoms with E-state index in [1.165, 1.54) is 6.20 Å². The average molecular weight is 487 g/mol. The van der Waals surface area contributed by atoms with Crippen LogP contribution in [0, 0.1) is 5.92 Å². The summed E-state index contributed by atoms with van der Waals surface area (Å²) in [5.74, 6) is 0.0674. The van der Waals surface area contributed by atoms with Gasteiger partial charge in [0.15, 0.2) is 0 Å². The van der Waals surface area contributed by atoms with Crippen molar-refractivity contribution in [1.29, 1.82) is 0 Å². The minimum Gasteiger partial charge on any atom is -0.338 e. The van der Waals surface area contributed by atoms with Gasteiger partial charge in [0.1, 0.15) is 11.5 Å². The number of nitrogens with one attached hydrogen (secondary N) is 1. The van der Waals surface area contributed by atoms with Crippen molar-refractivity contribution in [2.45, 2.75) is 12.8 Å². The minimum absolute atomic E-state index is 0.0973. The van der Waals surface area contributed by atoms with Crippen molar-refractivity contribution < 1.29 is 9.59 Å². The van der Waals surface area contributed by atoms with E-state index in [2.05, 4.69) is 15.3 Å². The van der Waals surface area contributed by atoms with Crippen LogP contribution in [0.1, 0.15) is 23.2 Å². The van der Waals surface area contributed by atoms with Crippen molar-refractivity contribution in [3.63, 3.8) is 0 Å². The van der Waals surface area contributed by atoms with E-state index in [9.17, 15) is 9.59 Å². The van der Waals surface area contributed by atoms with Crippen LogP contribution in [0.25, 0.3) is 16.9 Å². The van der Waals surface area contributed by atoms with Crippen LogP contribution < -0.4 is 5.32 Å². The smallest absolute Gasteiger partial charge is 0.257 e. The molecule has 176 valence electrons. The van der Waals surface area contributed by atoms with Crippen molar-refractivity contribution in [2.75, 3.05) is 18.4 Å². The second-order valence-corrected chi connectivity index (χ2v) is 8.77. The first kappa shape index (κ1) is 22.7. The molecule has 1 fully saturated rings. The number of halogens is 1. The quantitative estimate of drug-likeness (QED) is 0.449. The summed E-state index contributed by atoms with van der Waals surface area (Å²) in [6.45, 7) is 0.960. The van der Waals surface area contributed by atoms with E-state index in [0.717, 1.165) is 11.3 Å². The summed E-state index contributed by atoms with van der Waals surface area (Å²) >= 11 is 5.86. The first-order valence-corrected chi connectivity index (χ1v) is 11.7. The number of hydrogen-bond acceptors (Lipinski definition) is 5. The predicted octanol–water partition coefficient (Wildman–Crippen LogP) is 4.47. The van der Waals surface area contributed by atoms with Gasteiger partial charge in [0, 0.05) is 49.4 Å².